The van der Waals surface area contributed by atoms with Gasteiger partial charge in [0.2, 0.25) is 0 Å². The Hall–Kier alpha value is -1.93. The fourth-order valence-corrected chi connectivity index (χ4v) is 2.49. The molecule has 110 valence electrons. The van der Waals surface area contributed by atoms with Gasteiger partial charge in [0.15, 0.2) is 0 Å². The van der Waals surface area contributed by atoms with Crippen LogP contribution in [0.3, 0.4) is 0 Å². The van der Waals surface area contributed by atoms with Gasteiger partial charge in [0.05, 0.1) is 5.02 Å². The van der Waals surface area contributed by atoms with Crippen LogP contribution in [0.1, 0.15) is 30.9 Å². The summed E-state index contributed by atoms with van der Waals surface area (Å²) in [4.78, 5) is 0. The summed E-state index contributed by atoms with van der Waals surface area (Å²) in [7, 11) is 1.89. The summed E-state index contributed by atoms with van der Waals surface area (Å²) in [5.74, 6) is 0.445. The predicted octanol–water partition coefficient (Wildman–Crippen LogP) is 5.59. The highest BCUT2D eigenvalue weighted by Crippen LogP contribution is 2.30. The van der Waals surface area contributed by atoms with Gasteiger partial charge in [0.25, 0.3) is 0 Å². The number of hydrogen-bond donors (Lipinski definition) is 2. The van der Waals surface area contributed by atoms with Crippen molar-refractivity contribution in [2.24, 2.45) is 0 Å². The molecule has 3 heteroatoms. The fourth-order valence-electron chi connectivity index (χ4n) is 2.26. The van der Waals surface area contributed by atoms with E-state index < -0.39 is 0 Å². The van der Waals surface area contributed by atoms with Crippen molar-refractivity contribution in [3.8, 4) is 0 Å². The van der Waals surface area contributed by atoms with E-state index in [1.165, 1.54) is 5.56 Å². The number of rotatable bonds is 5. The Bertz CT molecular complexity index is 647. The molecule has 0 spiro atoms. The molecular weight excluding hydrogens is 280 g/mol. The molecule has 0 saturated heterocycles. The summed E-state index contributed by atoms with van der Waals surface area (Å²) in [6.45, 7) is 8.49. The smallest absolute Gasteiger partial charge is 0.0500 e. The van der Waals surface area contributed by atoms with E-state index in [1.54, 1.807) is 0 Å². The molecule has 21 heavy (non-hydrogen) atoms. The SMILES string of the molecule is C=C(Nc1ccccc1C(C)C)c1cc(NC)ccc1Cl. The van der Waals surface area contributed by atoms with E-state index in [1.807, 2.05) is 31.3 Å². The first-order chi connectivity index (χ1) is 10.0. The van der Waals surface area contributed by atoms with Crippen molar-refractivity contribution in [2.75, 3.05) is 17.7 Å². The van der Waals surface area contributed by atoms with E-state index in [2.05, 4.69) is 49.3 Å². The van der Waals surface area contributed by atoms with Crippen LogP contribution >= 0.6 is 11.6 Å². The first kappa shape index (κ1) is 15.5. The van der Waals surface area contributed by atoms with E-state index in [9.17, 15) is 0 Å². The molecule has 0 aliphatic rings. The zero-order valence-electron chi connectivity index (χ0n) is 12.7. The second kappa shape index (κ2) is 6.68. The van der Waals surface area contributed by atoms with Crippen LogP contribution in [0.15, 0.2) is 49.0 Å². The Morgan fingerprint density at radius 2 is 1.86 bits per heavy atom. The number of halogens is 1. The molecular formula is C18H21ClN2. The Kier molecular flexibility index (Phi) is 4.92. The summed E-state index contributed by atoms with van der Waals surface area (Å²) >= 11 is 6.29. The quantitative estimate of drug-likeness (QED) is 0.752. The monoisotopic (exact) mass is 300 g/mol. The highest BCUT2D eigenvalue weighted by atomic mass is 35.5. The van der Waals surface area contributed by atoms with Crippen LogP contribution in [0.4, 0.5) is 11.4 Å². The molecule has 2 aromatic rings. The third-order valence-electron chi connectivity index (χ3n) is 3.45. The number of nitrogens with one attached hydrogen (secondary N) is 2. The molecule has 0 saturated carbocycles. The molecule has 0 aliphatic carbocycles. The van der Waals surface area contributed by atoms with Gasteiger partial charge >= 0.3 is 0 Å². The highest BCUT2D eigenvalue weighted by molar-refractivity contribution is 6.32. The molecule has 0 bridgehead atoms. The van der Waals surface area contributed by atoms with E-state index in [4.69, 9.17) is 11.6 Å². The van der Waals surface area contributed by atoms with Crippen LogP contribution in [0.2, 0.25) is 5.02 Å². The summed E-state index contributed by atoms with van der Waals surface area (Å²) in [5.41, 5.74) is 5.05. The molecule has 0 heterocycles. The molecule has 0 fully saturated rings. The second-order valence-corrected chi connectivity index (χ2v) is 5.70. The lowest BCUT2D eigenvalue weighted by molar-refractivity contribution is 0.869. The van der Waals surface area contributed by atoms with Crippen LogP contribution in [0.25, 0.3) is 5.70 Å². The van der Waals surface area contributed by atoms with Gasteiger partial charge in [-0.2, -0.15) is 0 Å². The summed E-state index contributed by atoms with van der Waals surface area (Å²) < 4.78 is 0. The minimum absolute atomic E-state index is 0.445. The van der Waals surface area contributed by atoms with E-state index in [0.717, 1.165) is 22.6 Å². The zero-order chi connectivity index (χ0) is 15.4. The molecule has 0 aliphatic heterocycles. The fraction of sp³-hybridized carbons (Fsp3) is 0.222. The topological polar surface area (TPSA) is 24.1 Å². The van der Waals surface area contributed by atoms with Crippen LogP contribution < -0.4 is 10.6 Å². The van der Waals surface area contributed by atoms with Crippen LogP contribution in [0.5, 0.6) is 0 Å². The number of anilines is 2. The molecule has 2 N–H and O–H groups in total. The van der Waals surface area contributed by atoms with Crippen molar-refractivity contribution in [3.05, 3.63) is 65.2 Å². The molecule has 2 nitrogen and oxygen atoms in total. The summed E-state index contributed by atoms with van der Waals surface area (Å²) in [6.07, 6.45) is 0. The van der Waals surface area contributed by atoms with Gasteiger partial charge in [-0.1, -0.05) is 50.2 Å². The molecule has 2 rings (SSSR count). The Morgan fingerprint density at radius 3 is 2.52 bits per heavy atom. The van der Waals surface area contributed by atoms with Gasteiger partial charge in [0, 0.05) is 29.7 Å². The standard InChI is InChI=1S/C18H21ClN2/c1-12(2)15-7-5-6-8-18(15)21-13(3)16-11-14(20-4)9-10-17(16)19/h5-12,20-21H,3H2,1-2,4H3. The van der Waals surface area contributed by atoms with Gasteiger partial charge in [-0.15, -0.1) is 0 Å². The van der Waals surface area contributed by atoms with Gasteiger partial charge in [0.1, 0.15) is 0 Å². The lowest BCUT2D eigenvalue weighted by atomic mass is 10.0. The van der Waals surface area contributed by atoms with Gasteiger partial charge in [-0.3, -0.25) is 0 Å². The first-order valence-electron chi connectivity index (χ1n) is 7.05. The van der Waals surface area contributed by atoms with Gasteiger partial charge in [-0.25, -0.2) is 0 Å². The number of benzene rings is 2. The first-order valence-corrected chi connectivity index (χ1v) is 7.43. The Balaban J connectivity index is 2.30. The van der Waals surface area contributed by atoms with Crippen LogP contribution in [-0.2, 0) is 0 Å². The van der Waals surface area contributed by atoms with Crippen LogP contribution in [-0.4, -0.2) is 7.05 Å². The number of hydrogen-bond acceptors (Lipinski definition) is 2. The molecule has 0 radical (unpaired) electrons. The Morgan fingerprint density at radius 1 is 1.14 bits per heavy atom. The number of para-hydroxylation sites is 1. The average molecular weight is 301 g/mol. The zero-order valence-corrected chi connectivity index (χ0v) is 13.5. The van der Waals surface area contributed by atoms with Crippen molar-refractivity contribution in [3.63, 3.8) is 0 Å². The van der Waals surface area contributed by atoms with E-state index >= 15 is 0 Å². The molecule has 0 atom stereocenters. The molecule has 2 aromatic carbocycles. The van der Waals surface area contributed by atoms with E-state index in [0.29, 0.717) is 10.9 Å². The largest absolute Gasteiger partial charge is 0.388 e. The summed E-state index contributed by atoms with van der Waals surface area (Å²) in [6, 6.07) is 14.1. The summed E-state index contributed by atoms with van der Waals surface area (Å²) in [5, 5.41) is 7.20. The Labute approximate surface area is 131 Å². The van der Waals surface area contributed by atoms with Crippen molar-refractivity contribution in [1.82, 2.24) is 0 Å². The average Bonchev–Trinajstić information content (AvgIpc) is 2.48. The maximum Gasteiger partial charge on any atom is 0.0500 e. The van der Waals surface area contributed by atoms with E-state index in [-0.39, 0.29) is 0 Å². The van der Waals surface area contributed by atoms with Crippen molar-refractivity contribution in [2.45, 2.75) is 19.8 Å². The molecule has 0 aromatic heterocycles. The lowest BCUT2D eigenvalue weighted by Crippen LogP contribution is -2.03. The molecule has 0 unspecified atom stereocenters. The van der Waals surface area contributed by atoms with Crippen LogP contribution in [0, 0.1) is 0 Å². The minimum Gasteiger partial charge on any atom is -0.388 e. The predicted molar refractivity (Wildman–Crippen MR) is 94.2 cm³/mol. The lowest BCUT2D eigenvalue weighted by Gasteiger charge is -2.17. The van der Waals surface area contributed by atoms with Crippen molar-refractivity contribution in [1.29, 1.82) is 0 Å². The third kappa shape index (κ3) is 3.59. The maximum absolute atomic E-state index is 6.29. The highest BCUT2D eigenvalue weighted by Gasteiger charge is 2.10. The second-order valence-electron chi connectivity index (χ2n) is 5.29. The van der Waals surface area contributed by atoms with Gasteiger partial charge in [-0.05, 0) is 35.7 Å². The maximum atomic E-state index is 6.29. The van der Waals surface area contributed by atoms with Crippen molar-refractivity contribution < 1.29 is 0 Å². The molecule has 0 amide bonds. The van der Waals surface area contributed by atoms with Crippen molar-refractivity contribution >= 4 is 28.7 Å². The minimum atomic E-state index is 0.445. The normalized spacial score (nSPS) is 10.5. The van der Waals surface area contributed by atoms with Gasteiger partial charge < -0.3 is 10.6 Å². The third-order valence-corrected chi connectivity index (χ3v) is 3.78.